The number of rotatable bonds is 6. The molecule has 13 heteroatoms. The van der Waals surface area contributed by atoms with Gasteiger partial charge in [0.2, 0.25) is 5.91 Å². The Hall–Kier alpha value is -2.46. The van der Waals surface area contributed by atoms with Crippen LogP contribution < -0.4 is 5.32 Å². The lowest BCUT2D eigenvalue weighted by Gasteiger charge is -2.28. The normalized spacial score (nSPS) is 25.4. The molecule has 0 unspecified atom stereocenters. The maximum Gasteiger partial charge on any atom is 0.242 e. The van der Waals surface area contributed by atoms with Crippen molar-refractivity contribution in [2.75, 3.05) is 23.4 Å². The molecule has 198 valence electrons. The fraction of sp³-hybridized carbons (Fsp3) is 0.542. The number of hydrogen-bond acceptors (Lipinski definition) is 8. The van der Waals surface area contributed by atoms with Gasteiger partial charge in [0.1, 0.15) is 21.2 Å². The molecule has 1 amide bonds. The molecule has 0 radical (unpaired) electrons. The highest BCUT2D eigenvalue weighted by Gasteiger charge is 2.57. The van der Waals surface area contributed by atoms with Crippen LogP contribution in [0.2, 0.25) is 5.02 Å². The van der Waals surface area contributed by atoms with E-state index in [1.54, 1.807) is 34.7 Å². The number of aromatic nitrogens is 2. The monoisotopic (exact) mass is 565 g/mol. The number of carbonyl (C=O) groups excluding carboxylic acids is 1. The smallest absolute Gasteiger partial charge is 0.242 e. The van der Waals surface area contributed by atoms with E-state index in [0.29, 0.717) is 37.2 Å². The summed E-state index contributed by atoms with van der Waals surface area (Å²) in [6.07, 6.45) is 1.96. The molecule has 1 aromatic heterocycles. The Morgan fingerprint density at radius 2 is 1.92 bits per heavy atom. The van der Waals surface area contributed by atoms with E-state index in [2.05, 4.69) is 16.5 Å². The maximum absolute atomic E-state index is 13.6. The number of likely N-dealkylation sites (tertiary alicyclic amines) is 1. The van der Waals surface area contributed by atoms with Crippen LogP contribution in [0.5, 0.6) is 0 Å². The Bertz CT molecular complexity index is 1480. The number of nitrogens with zero attached hydrogens (tertiary/aromatic N) is 4. The zero-order valence-electron chi connectivity index (χ0n) is 20.3. The predicted molar refractivity (Wildman–Crippen MR) is 138 cm³/mol. The third kappa shape index (κ3) is 4.90. The van der Waals surface area contributed by atoms with Gasteiger partial charge in [-0.15, -0.1) is 0 Å². The van der Waals surface area contributed by atoms with Gasteiger partial charge in [0.15, 0.2) is 9.84 Å². The van der Waals surface area contributed by atoms with E-state index >= 15 is 0 Å². The third-order valence-corrected chi connectivity index (χ3v) is 12.0. The third-order valence-electron chi connectivity index (χ3n) is 7.61. The van der Waals surface area contributed by atoms with Crippen molar-refractivity contribution < 1.29 is 21.6 Å². The molecule has 0 bridgehead atoms. The van der Waals surface area contributed by atoms with Crippen molar-refractivity contribution in [1.82, 2.24) is 14.7 Å². The summed E-state index contributed by atoms with van der Waals surface area (Å²) < 4.78 is 52.4. The first-order chi connectivity index (χ1) is 17.5. The van der Waals surface area contributed by atoms with Crippen molar-refractivity contribution in [2.24, 2.45) is 0 Å². The van der Waals surface area contributed by atoms with Crippen LogP contribution in [0.25, 0.3) is 0 Å². The molecule has 37 heavy (non-hydrogen) atoms. The molecule has 1 aliphatic carbocycles. The predicted octanol–water partition coefficient (Wildman–Crippen LogP) is 2.51. The molecule has 10 nitrogen and oxygen atoms in total. The van der Waals surface area contributed by atoms with Crippen LogP contribution in [-0.2, 0) is 24.5 Å². The number of amides is 1. The highest BCUT2D eigenvalue weighted by Crippen LogP contribution is 2.46. The van der Waals surface area contributed by atoms with Crippen molar-refractivity contribution in [3.63, 3.8) is 0 Å². The zero-order chi connectivity index (χ0) is 26.6. The first-order valence-electron chi connectivity index (χ1n) is 12.2. The second kappa shape index (κ2) is 9.38. The van der Waals surface area contributed by atoms with E-state index in [4.69, 9.17) is 11.6 Å². The van der Waals surface area contributed by atoms with Crippen LogP contribution in [0.4, 0.5) is 5.82 Å². The summed E-state index contributed by atoms with van der Waals surface area (Å²) in [5.41, 5.74) is -0.192. The minimum Gasteiger partial charge on any atom is -0.310 e. The van der Waals surface area contributed by atoms with E-state index in [1.807, 2.05) is 0 Å². The Balaban J connectivity index is 1.41. The van der Waals surface area contributed by atoms with Crippen LogP contribution >= 0.6 is 11.6 Å². The number of aryl methyl sites for hydroxylation is 1. The van der Waals surface area contributed by atoms with Gasteiger partial charge in [0.25, 0.3) is 0 Å². The van der Waals surface area contributed by atoms with Crippen LogP contribution in [0.3, 0.4) is 0 Å². The lowest BCUT2D eigenvalue weighted by molar-refractivity contribution is -0.121. The minimum absolute atomic E-state index is 0.0189. The number of halogens is 1. The number of sulfone groups is 2. The van der Waals surface area contributed by atoms with E-state index in [0.717, 1.165) is 0 Å². The second-order valence-corrected chi connectivity index (χ2v) is 15.0. The van der Waals surface area contributed by atoms with Gasteiger partial charge in [-0.2, -0.15) is 10.4 Å². The van der Waals surface area contributed by atoms with Gasteiger partial charge in [-0.1, -0.05) is 23.7 Å². The first kappa shape index (κ1) is 26.2. The topological polar surface area (TPSA) is 142 Å². The molecule has 1 N–H and O–H groups in total. The van der Waals surface area contributed by atoms with Gasteiger partial charge in [-0.05, 0) is 51.2 Å². The Morgan fingerprint density at radius 3 is 2.54 bits per heavy atom. The lowest BCUT2D eigenvalue weighted by atomic mass is 10.1. The molecule has 3 fully saturated rings. The second-order valence-electron chi connectivity index (χ2n) is 10.1. The van der Waals surface area contributed by atoms with Gasteiger partial charge in [0.05, 0.1) is 50.5 Å². The molecule has 2 aliphatic heterocycles. The van der Waals surface area contributed by atoms with Crippen LogP contribution in [0.1, 0.15) is 43.8 Å². The van der Waals surface area contributed by atoms with Crippen LogP contribution in [-0.4, -0.2) is 72.3 Å². The Labute approximate surface area is 221 Å². The number of anilines is 1. The highest BCUT2D eigenvalue weighted by molar-refractivity contribution is 7.92. The zero-order valence-corrected chi connectivity index (χ0v) is 22.7. The fourth-order valence-corrected chi connectivity index (χ4v) is 9.09. The standard InChI is InChI=1S/C24H28ClN5O5S2/c1-16-12-22(30(28-16)17-6-10-36(32,33)11-7-17)27-23(31)20-13-18(14-29(20)24(15-26)8-9-24)37(34,35)21-5-3-2-4-19(21)25/h2-5,12,17-18,20H,6-11,13-14H2,1H3,(H,27,31)/t18-,20+/m1/s1. The van der Waals surface area contributed by atoms with E-state index in [9.17, 15) is 26.9 Å². The maximum atomic E-state index is 13.6. The molecule has 2 aromatic rings. The van der Waals surface area contributed by atoms with Gasteiger partial charge < -0.3 is 5.32 Å². The molecule has 2 atom stereocenters. The number of benzene rings is 1. The summed E-state index contributed by atoms with van der Waals surface area (Å²) in [7, 11) is -6.92. The number of hydrogen-bond donors (Lipinski definition) is 1. The Kier molecular flexibility index (Phi) is 6.63. The van der Waals surface area contributed by atoms with Gasteiger partial charge >= 0.3 is 0 Å². The number of nitrogens with one attached hydrogen (secondary N) is 1. The molecule has 1 saturated carbocycles. The largest absolute Gasteiger partial charge is 0.310 e. The van der Waals surface area contributed by atoms with Gasteiger partial charge in [-0.25, -0.2) is 21.5 Å². The van der Waals surface area contributed by atoms with Crippen LogP contribution in [0, 0.1) is 18.3 Å². The molecular formula is C24H28ClN5O5S2. The molecule has 2 saturated heterocycles. The van der Waals surface area contributed by atoms with Crippen LogP contribution in [0.15, 0.2) is 35.2 Å². The SMILES string of the molecule is Cc1cc(NC(=O)[C@@H]2C[C@@H](S(=O)(=O)c3ccccc3Cl)CN2C2(C#N)CC2)n(C2CCS(=O)(=O)CC2)n1. The van der Waals surface area contributed by atoms with Crippen molar-refractivity contribution in [3.05, 3.63) is 41.0 Å². The molecular weight excluding hydrogens is 538 g/mol. The molecule has 1 aromatic carbocycles. The quantitative estimate of drug-likeness (QED) is 0.563. The molecule has 0 spiro atoms. The van der Waals surface area contributed by atoms with Crippen molar-refractivity contribution in [1.29, 1.82) is 5.26 Å². The summed E-state index contributed by atoms with van der Waals surface area (Å²) >= 11 is 6.20. The molecule has 5 rings (SSSR count). The average molecular weight is 566 g/mol. The van der Waals surface area contributed by atoms with E-state index < -0.39 is 42.4 Å². The molecule has 3 aliphatic rings. The summed E-state index contributed by atoms with van der Waals surface area (Å²) in [6, 6.07) is 9.24. The fourth-order valence-electron chi connectivity index (χ4n) is 5.40. The highest BCUT2D eigenvalue weighted by atomic mass is 35.5. The lowest BCUT2D eigenvalue weighted by Crippen LogP contribution is -2.46. The van der Waals surface area contributed by atoms with Crippen molar-refractivity contribution in [3.8, 4) is 6.07 Å². The summed E-state index contributed by atoms with van der Waals surface area (Å²) in [4.78, 5) is 15.4. The van der Waals surface area contributed by atoms with Gasteiger partial charge in [0, 0.05) is 12.6 Å². The van der Waals surface area contributed by atoms with Gasteiger partial charge in [-0.3, -0.25) is 9.69 Å². The Morgan fingerprint density at radius 1 is 1.24 bits per heavy atom. The summed E-state index contributed by atoms with van der Waals surface area (Å²) in [5.74, 6) is 0.146. The minimum atomic E-state index is -3.85. The molecule has 3 heterocycles. The van der Waals surface area contributed by atoms with E-state index in [-0.39, 0.29) is 40.4 Å². The average Bonchev–Trinajstić information content (AvgIpc) is 3.35. The number of carbonyl (C=O) groups is 1. The number of nitriles is 1. The van der Waals surface area contributed by atoms with Crippen molar-refractivity contribution >= 4 is 43.0 Å². The first-order valence-corrected chi connectivity index (χ1v) is 15.9. The van der Waals surface area contributed by atoms with Crippen molar-refractivity contribution in [2.45, 2.75) is 66.8 Å². The summed E-state index contributed by atoms with van der Waals surface area (Å²) in [6.45, 7) is 1.84. The van der Waals surface area contributed by atoms with E-state index in [1.165, 1.54) is 12.1 Å². The summed E-state index contributed by atoms with van der Waals surface area (Å²) in [5, 5.41) is 16.5.